The maximum Gasteiger partial charge on any atom is 0.314 e. The van der Waals surface area contributed by atoms with Gasteiger partial charge in [-0.05, 0) is 14.1 Å². The third-order valence-corrected chi connectivity index (χ3v) is 0. The highest BCUT2D eigenvalue weighted by molar-refractivity contribution is 7.30. The van der Waals surface area contributed by atoms with E-state index in [0.717, 1.165) is 0 Å². The second-order valence-corrected chi connectivity index (χ2v) is 1.35. The summed E-state index contributed by atoms with van der Waals surface area (Å²) in [6, 6.07) is 0. The predicted molar refractivity (Wildman–Crippen MR) is 28.4 cm³/mol. The first kappa shape index (κ1) is 10.2. The van der Waals surface area contributed by atoms with Gasteiger partial charge in [0.25, 0.3) is 0 Å². The summed E-state index contributed by atoms with van der Waals surface area (Å²) in [6.07, 6.45) is 0. The summed E-state index contributed by atoms with van der Waals surface area (Å²) in [4.78, 5) is 14.3. The summed E-state index contributed by atoms with van der Waals surface area (Å²) in [5, 5.41) is 2.75. The van der Waals surface area contributed by atoms with Crippen LogP contribution in [0.2, 0.25) is 0 Å². The van der Waals surface area contributed by atoms with Crippen molar-refractivity contribution in [3.05, 3.63) is 0 Å². The van der Waals surface area contributed by atoms with Crippen LogP contribution in [-0.4, -0.2) is 23.9 Å². The number of rotatable bonds is 0. The normalized spacial score (nSPS) is 7.57. The van der Waals surface area contributed by atoms with Crippen molar-refractivity contribution in [2.24, 2.45) is 0 Å². The molecule has 0 amide bonds. The molecular weight excluding hydrogens is 117 g/mol. The lowest BCUT2D eigenvalue weighted by Gasteiger charge is -1.61. The molecule has 0 fully saturated rings. The molecule has 0 aromatic carbocycles. The van der Waals surface area contributed by atoms with Crippen LogP contribution in [-0.2, 0) is 4.57 Å². The van der Waals surface area contributed by atoms with Crippen molar-refractivity contribution in [2.45, 2.75) is 0 Å². The summed E-state index contributed by atoms with van der Waals surface area (Å²) >= 11 is 0. The Morgan fingerprint density at radius 2 is 1.43 bits per heavy atom. The monoisotopic (exact) mass is 127 g/mol. The molecule has 0 rings (SSSR count). The maximum absolute atomic E-state index is 8.74. The second-order valence-electron chi connectivity index (χ2n) is 0.783. The smallest absolute Gasteiger partial charge is 0.314 e. The molecule has 0 spiro atoms. The average molecular weight is 127 g/mol. The van der Waals surface area contributed by atoms with Crippen LogP contribution < -0.4 is 5.32 Å². The topological polar surface area (TPSA) is 69.6 Å². The van der Waals surface area contributed by atoms with E-state index in [1.807, 2.05) is 14.1 Å². The van der Waals surface area contributed by atoms with Gasteiger partial charge in [-0.1, -0.05) is 0 Å². The average Bonchev–Trinajstić information content (AvgIpc) is 1.33. The molecule has 0 aromatic heterocycles. The van der Waals surface area contributed by atoms with Crippen molar-refractivity contribution in [3.63, 3.8) is 0 Å². The molecule has 0 heterocycles. The molecule has 0 radical (unpaired) electrons. The Hall–Kier alpha value is 0.110. The fraction of sp³-hybridized carbons (Fsp3) is 1.00. The van der Waals surface area contributed by atoms with Crippen LogP contribution in [0.25, 0.3) is 0 Å². The van der Waals surface area contributed by atoms with E-state index in [1.54, 1.807) is 0 Å². The summed E-state index contributed by atoms with van der Waals surface area (Å²) in [7, 11) is 0.620. The van der Waals surface area contributed by atoms with Crippen LogP contribution in [0.1, 0.15) is 0 Å². The minimum Gasteiger partial charge on any atom is -0.326 e. The molecule has 0 aliphatic carbocycles. The Kier molecular flexibility index (Phi) is 13.7. The van der Waals surface area contributed by atoms with Gasteiger partial charge < -0.3 is 15.1 Å². The number of hydrogen-bond donors (Lipinski definition) is 3. The van der Waals surface area contributed by atoms with Crippen molar-refractivity contribution < 1.29 is 14.4 Å². The quantitative estimate of drug-likeness (QED) is 0.372. The van der Waals surface area contributed by atoms with Crippen LogP contribution >= 0.6 is 8.25 Å². The van der Waals surface area contributed by atoms with E-state index in [4.69, 9.17) is 14.4 Å². The standard InChI is InChI=1S/C2H7N.H3O3P/c1-3-2;1-4(2)3/h3H,1-2H3;4H,(H2,1,2,3). The SMILES string of the molecule is CNC.O=[PH](O)O. The van der Waals surface area contributed by atoms with Gasteiger partial charge in [0.15, 0.2) is 0 Å². The van der Waals surface area contributed by atoms with Gasteiger partial charge in [0.1, 0.15) is 0 Å². The van der Waals surface area contributed by atoms with Gasteiger partial charge in [0.05, 0.1) is 0 Å². The molecule has 5 heteroatoms. The Balaban J connectivity index is 0. The Labute approximate surface area is 43.1 Å². The highest BCUT2D eigenvalue weighted by Gasteiger charge is 1.61. The van der Waals surface area contributed by atoms with Crippen LogP contribution in [0.15, 0.2) is 0 Å². The fourth-order valence-electron chi connectivity index (χ4n) is 0. The summed E-state index contributed by atoms with van der Waals surface area (Å²) in [6.45, 7) is 0. The Morgan fingerprint density at radius 3 is 1.43 bits per heavy atom. The minimum atomic E-state index is -3.13. The highest BCUT2D eigenvalue weighted by atomic mass is 31.1. The summed E-state index contributed by atoms with van der Waals surface area (Å²) in [5.41, 5.74) is 0. The zero-order valence-electron chi connectivity index (χ0n) is 4.30. The fourth-order valence-corrected chi connectivity index (χ4v) is 0. The molecule has 0 saturated carbocycles. The van der Waals surface area contributed by atoms with Gasteiger partial charge in [-0.2, -0.15) is 0 Å². The Bertz CT molecular complexity index is 44.2. The predicted octanol–water partition coefficient (Wildman–Crippen LogP) is -0.804. The lowest BCUT2D eigenvalue weighted by Crippen LogP contribution is -1.89. The van der Waals surface area contributed by atoms with E-state index >= 15 is 0 Å². The van der Waals surface area contributed by atoms with E-state index in [-0.39, 0.29) is 0 Å². The third kappa shape index (κ3) is 8530. The molecule has 0 bridgehead atoms. The van der Waals surface area contributed by atoms with Gasteiger partial charge in [-0.25, -0.2) is 0 Å². The van der Waals surface area contributed by atoms with Crippen molar-refractivity contribution in [1.82, 2.24) is 5.32 Å². The molecule has 0 unspecified atom stereocenters. The first-order chi connectivity index (χ1) is 3.15. The van der Waals surface area contributed by atoms with E-state index in [9.17, 15) is 0 Å². The largest absolute Gasteiger partial charge is 0.326 e. The van der Waals surface area contributed by atoms with Gasteiger partial charge in [-0.3, -0.25) is 4.57 Å². The molecular formula is C2H10NO3P. The van der Waals surface area contributed by atoms with Gasteiger partial charge in [0, 0.05) is 0 Å². The molecule has 0 aliphatic heterocycles. The van der Waals surface area contributed by atoms with Gasteiger partial charge >= 0.3 is 8.25 Å². The molecule has 0 saturated heterocycles. The van der Waals surface area contributed by atoms with Crippen LogP contribution in [0, 0.1) is 0 Å². The van der Waals surface area contributed by atoms with Gasteiger partial charge in [-0.15, -0.1) is 0 Å². The molecule has 0 aromatic rings. The van der Waals surface area contributed by atoms with Crippen molar-refractivity contribution in [1.29, 1.82) is 0 Å². The van der Waals surface area contributed by atoms with E-state index in [1.165, 1.54) is 0 Å². The highest BCUT2D eigenvalue weighted by Crippen LogP contribution is 1.98. The van der Waals surface area contributed by atoms with Crippen LogP contribution in [0.4, 0.5) is 0 Å². The molecule has 3 N–H and O–H groups in total. The Morgan fingerprint density at radius 1 is 1.43 bits per heavy atom. The summed E-state index contributed by atoms with van der Waals surface area (Å²) in [5.74, 6) is 0. The van der Waals surface area contributed by atoms with E-state index in [2.05, 4.69) is 5.32 Å². The zero-order chi connectivity index (χ0) is 6.28. The first-order valence-corrected chi connectivity index (χ1v) is 2.95. The first-order valence-electron chi connectivity index (χ1n) is 1.65. The molecule has 7 heavy (non-hydrogen) atoms. The van der Waals surface area contributed by atoms with E-state index < -0.39 is 8.25 Å². The molecule has 46 valence electrons. The zero-order valence-corrected chi connectivity index (χ0v) is 5.30. The maximum atomic E-state index is 8.74. The van der Waals surface area contributed by atoms with Crippen molar-refractivity contribution in [2.75, 3.05) is 14.1 Å². The van der Waals surface area contributed by atoms with Gasteiger partial charge in [0.2, 0.25) is 0 Å². The third-order valence-electron chi connectivity index (χ3n) is 0. The van der Waals surface area contributed by atoms with E-state index in [0.29, 0.717) is 0 Å². The van der Waals surface area contributed by atoms with Crippen LogP contribution in [0.5, 0.6) is 0 Å². The minimum absolute atomic E-state index is 1.88. The van der Waals surface area contributed by atoms with Crippen LogP contribution in [0.3, 0.4) is 0 Å². The summed E-state index contributed by atoms with van der Waals surface area (Å²) < 4.78 is 8.74. The van der Waals surface area contributed by atoms with Crippen molar-refractivity contribution in [3.8, 4) is 0 Å². The molecule has 0 aliphatic rings. The molecule has 4 nitrogen and oxygen atoms in total. The second kappa shape index (κ2) is 9.44. The number of nitrogens with one attached hydrogen (secondary N) is 1. The lowest BCUT2D eigenvalue weighted by atomic mass is 11.3. The number of hydrogen-bond acceptors (Lipinski definition) is 2. The van der Waals surface area contributed by atoms with Crippen molar-refractivity contribution >= 4 is 8.25 Å². The lowest BCUT2D eigenvalue weighted by molar-refractivity contribution is 0.405. The molecule has 0 atom stereocenters.